The van der Waals surface area contributed by atoms with E-state index in [4.69, 9.17) is 9.84 Å². The number of hydrogen-bond donors (Lipinski definition) is 1. The summed E-state index contributed by atoms with van der Waals surface area (Å²) in [5, 5.41) is 8.75. The number of sulfone groups is 1. The largest absolute Gasteiger partial charge is 0.497 e. The Morgan fingerprint density at radius 3 is 2.38 bits per heavy atom. The lowest BCUT2D eigenvalue weighted by atomic mass is 10.1. The fourth-order valence-electron chi connectivity index (χ4n) is 1.84. The molecule has 1 heterocycles. The fourth-order valence-corrected chi connectivity index (χ4v) is 2.98. The average molecular weight is 331 g/mol. The summed E-state index contributed by atoms with van der Waals surface area (Å²) in [7, 11) is -5.29. The molecule has 0 saturated heterocycles. The molecular weight excluding hydrogens is 315 g/mol. The molecule has 0 unspecified atom stereocenters. The van der Waals surface area contributed by atoms with Gasteiger partial charge < -0.3 is 14.7 Å². The molecule has 0 fully saturated rings. The summed E-state index contributed by atoms with van der Waals surface area (Å²) in [6.45, 7) is 2.66. The van der Waals surface area contributed by atoms with Crippen LogP contribution in [0.1, 0.15) is 20.3 Å². The van der Waals surface area contributed by atoms with Crippen molar-refractivity contribution < 1.29 is 36.2 Å². The van der Waals surface area contributed by atoms with E-state index in [-0.39, 0.29) is 25.3 Å². The van der Waals surface area contributed by atoms with Crippen LogP contribution in [0, 0.1) is 0 Å². The van der Waals surface area contributed by atoms with Crippen molar-refractivity contribution in [1.29, 1.82) is 0 Å². The van der Waals surface area contributed by atoms with Crippen LogP contribution in [-0.4, -0.2) is 54.5 Å². The molecule has 1 amide bonds. The van der Waals surface area contributed by atoms with Gasteiger partial charge in [0.15, 0.2) is 0 Å². The monoisotopic (exact) mass is 331 g/mol. The molecule has 1 aliphatic heterocycles. The van der Waals surface area contributed by atoms with E-state index in [2.05, 4.69) is 0 Å². The second-order valence-corrected chi connectivity index (χ2v) is 7.20. The zero-order valence-electron chi connectivity index (χ0n) is 11.5. The lowest BCUT2D eigenvalue weighted by molar-refractivity contribution is -0.0464. The Bertz CT molecular complexity index is 539. The summed E-state index contributed by atoms with van der Waals surface area (Å²) in [6, 6.07) is 0. The molecule has 1 aliphatic rings. The van der Waals surface area contributed by atoms with Crippen molar-refractivity contribution in [1.82, 2.24) is 4.90 Å². The highest BCUT2D eigenvalue weighted by Crippen LogP contribution is 2.29. The zero-order chi connectivity index (χ0) is 16.5. The van der Waals surface area contributed by atoms with Gasteiger partial charge in [0, 0.05) is 19.5 Å². The first-order valence-electron chi connectivity index (χ1n) is 5.99. The molecular formula is C11H16F3NO5S. The summed E-state index contributed by atoms with van der Waals surface area (Å²) < 4.78 is 64.6. The van der Waals surface area contributed by atoms with Crippen LogP contribution in [0.25, 0.3) is 0 Å². The minimum Gasteiger partial charge on any atom is -0.491 e. The van der Waals surface area contributed by atoms with Crippen molar-refractivity contribution in [3.63, 3.8) is 0 Å². The van der Waals surface area contributed by atoms with Crippen LogP contribution in [0.3, 0.4) is 0 Å². The normalized spacial score (nSPS) is 17.4. The molecule has 21 heavy (non-hydrogen) atoms. The average Bonchev–Trinajstić information content (AvgIpc) is 2.25. The molecule has 10 heteroatoms. The molecule has 0 aromatic heterocycles. The van der Waals surface area contributed by atoms with Crippen molar-refractivity contribution in [2.24, 2.45) is 0 Å². The van der Waals surface area contributed by atoms with Gasteiger partial charge in [-0.15, -0.1) is 0 Å². The highest BCUT2D eigenvalue weighted by atomic mass is 32.2. The van der Waals surface area contributed by atoms with Crippen LogP contribution in [0.4, 0.5) is 18.0 Å². The first kappa shape index (κ1) is 17.6. The summed E-state index contributed by atoms with van der Waals surface area (Å²) in [5.74, 6) is -0.918. The lowest BCUT2D eigenvalue weighted by Crippen LogP contribution is -2.40. The van der Waals surface area contributed by atoms with Crippen molar-refractivity contribution >= 4 is 15.9 Å². The van der Waals surface area contributed by atoms with Gasteiger partial charge in [0.2, 0.25) is 0 Å². The molecule has 0 atom stereocenters. The van der Waals surface area contributed by atoms with E-state index in [1.807, 2.05) is 0 Å². The van der Waals surface area contributed by atoms with E-state index >= 15 is 0 Å². The first-order chi connectivity index (χ1) is 9.34. The number of amides is 1. The minimum absolute atomic E-state index is 0.0484. The van der Waals surface area contributed by atoms with Gasteiger partial charge in [0.05, 0.1) is 11.5 Å². The van der Waals surface area contributed by atoms with E-state index < -0.39 is 32.8 Å². The van der Waals surface area contributed by atoms with E-state index in [1.165, 1.54) is 19.9 Å². The number of nitrogens with zero attached hydrogens (tertiary/aromatic N) is 1. The summed E-state index contributed by atoms with van der Waals surface area (Å²) in [6.07, 6.45) is 0.491. The predicted octanol–water partition coefficient (Wildman–Crippen LogP) is 1.98. The molecule has 6 nitrogen and oxygen atoms in total. The van der Waals surface area contributed by atoms with E-state index in [1.54, 1.807) is 0 Å². The van der Waals surface area contributed by atoms with Gasteiger partial charge in [-0.3, -0.25) is 0 Å². The predicted molar refractivity (Wildman–Crippen MR) is 67.3 cm³/mol. The molecule has 0 saturated carbocycles. The number of rotatable bonds is 4. The zero-order valence-corrected chi connectivity index (χ0v) is 12.3. The van der Waals surface area contributed by atoms with Crippen molar-refractivity contribution in [3.8, 4) is 0 Å². The van der Waals surface area contributed by atoms with Crippen LogP contribution in [0.5, 0.6) is 0 Å². The quantitative estimate of drug-likeness (QED) is 0.851. The third-order valence-corrected chi connectivity index (χ3v) is 4.52. The highest BCUT2D eigenvalue weighted by molar-refractivity contribution is 7.92. The highest BCUT2D eigenvalue weighted by Gasteiger charge is 2.49. The number of hydrogen-bond acceptors (Lipinski definition) is 4. The molecule has 122 valence electrons. The molecule has 0 aromatic rings. The fraction of sp³-hybridized carbons (Fsp3) is 0.727. The van der Waals surface area contributed by atoms with Crippen LogP contribution < -0.4 is 0 Å². The van der Waals surface area contributed by atoms with Gasteiger partial charge in [-0.25, -0.2) is 13.2 Å². The molecule has 0 bridgehead atoms. The van der Waals surface area contributed by atoms with Gasteiger partial charge >= 0.3 is 11.6 Å². The van der Waals surface area contributed by atoms with Gasteiger partial charge in [-0.2, -0.15) is 13.2 Å². The SMILES string of the molecule is CC(C)(CS(=O)(=O)C(F)(F)F)OC1=CCN(C(=O)O)CC1. The maximum absolute atomic E-state index is 12.4. The molecule has 0 radical (unpaired) electrons. The Kier molecular flexibility index (Phi) is 4.81. The Morgan fingerprint density at radius 2 is 2.00 bits per heavy atom. The number of halogens is 3. The van der Waals surface area contributed by atoms with Crippen LogP contribution in [0.2, 0.25) is 0 Å². The smallest absolute Gasteiger partial charge is 0.491 e. The van der Waals surface area contributed by atoms with Crippen molar-refractivity contribution in [3.05, 3.63) is 11.8 Å². The standard InChI is InChI=1S/C11H16F3NO5S/c1-10(2,7-21(18,19)11(12,13)14)20-8-3-5-15(6-4-8)9(16)17/h3H,4-7H2,1-2H3,(H,16,17). The Balaban J connectivity index is 2.72. The topological polar surface area (TPSA) is 83.9 Å². The van der Waals surface area contributed by atoms with Crippen LogP contribution in [0.15, 0.2) is 11.8 Å². The number of carboxylic acid groups (broad SMARTS) is 1. The van der Waals surface area contributed by atoms with Crippen molar-refractivity contribution in [2.45, 2.75) is 31.4 Å². The third-order valence-electron chi connectivity index (χ3n) is 2.74. The van der Waals surface area contributed by atoms with E-state index in [0.29, 0.717) is 0 Å². The molecule has 0 spiro atoms. The summed E-state index contributed by atoms with van der Waals surface area (Å²) >= 11 is 0. The number of alkyl halides is 3. The molecule has 0 aliphatic carbocycles. The van der Waals surface area contributed by atoms with E-state index in [9.17, 15) is 26.4 Å². The maximum Gasteiger partial charge on any atom is 0.497 e. The van der Waals surface area contributed by atoms with Crippen molar-refractivity contribution in [2.75, 3.05) is 18.8 Å². The van der Waals surface area contributed by atoms with Crippen LogP contribution >= 0.6 is 0 Å². The maximum atomic E-state index is 12.4. The number of ether oxygens (including phenoxy) is 1. The van der Waals surface area contributed by atoms with E-state index in [0.717, 1.165) is 4.90 Å². The third kappa shape index (κ3) is 4.80. The number of carbonyl (C=O) groups is 1. The summed E-state index contributed by atoms with van der Waals surface area (Å²) in [5.41, 5.74) is -6.89. The second kappa shape index (κ2) is 5.74. The van der Waals surface area contributed by atoms with Gasteiger partial charge in [0.1, 0.15) is 5.60 Å². The Labute approximate surface area is 120 Å². The minimum atomic E-state index is -5.32. The summed E-state index contributed by atoms with van der Waals surface area (Å²) in [4.78, 5) is 11.8. The molecule has 0 aromatic carbocycles. The lowest BCUT2D eigenvalue weighted by Gasteiger charge is -2.31. The van der Waals surface area contributed by atoms with Gasteiger partial charge in [-0.1, -0.05) is 0 Å². The Hall–Kier alpha value is -1.45. The molecule has 1 N–H and O–H groups in total. The molecule has 1 rings (SSSR count). The first-order valence-corrected chi connectivity index (χ1v) is 7.64. The van der Waals surface area contributed by atoms with Crippen LogP contribution in [-0.2, 0) is 14.6 Å². The second-order valence-electron chi connectivity index (χ2n) is 5.22. The van der Waals surface area contributed by atoms with Gasteiger partial charge in [0.25, 0.3) is 9.84 Å². The Morgan fingerprint density at radius 1 is 1.43 bits per heavy atom. The van der Waals surface area contributed by atoms with Gasteiger partial charge in [-0.05, 0) is 19.9 Å².